The summed E-state index contributed by atoms with van der Waals surface area (Å²) < 4.78 is 16.7. The van der Waals surface area contributed by atoms with Gasteiger partial charge in [0.1, 0.15) is 18.2 Å². The lowest BCUT2D eigenvalue weighted by Gasteiger charge is -2.37. The van der Waals surface area contributed by atoms with Crippen LogP contribution in [0.5, 0.6) is 0 Å². The largest absolute Gasteiger partial charge is 0.478 e. The first kappa shape index (κ1) is 34.4. The number of anilines is 1. The number of carbonyl (C=O) groups is 4. The predicted octanol–water partition coefficient (Wildman–Crippen LogP) is 3.80. The van der Waals surface area contributed by atoms with Gasteiger partial charge in [0.05, 0.1) is 28.6 Å². The number of aromatic nitrogens is 4. The summed E-state index contributed by atoms with van der Waals surface area (Å²) in [6.07, 6.45) is 10.0. The van der Waals surface area contributed by atoms with Crippen LogP contribution in [-0.2, 0) is 20.8 Å². The second kappa shape index (κ2) is 14.6. The Bertz CT molecular complexity index is 1940. The maximum atomic E-state index is 15.3. The summed E-state index contributed by atoms with van der Waals surface area (Å²) in [4.78, 5) is 55.0. The maximum Gasteiger partial charge on any atom is 0.335 e. The Morgan fingerprint density at radius 3 is 2.56 bits per heavy atom. The molecule has 3 aliphatic rings. The number of tetrazole rings is 1. The zero-order valence-corrected chi connectivity index (χ0v) is 27.7. The molecule has 0 spiro atoms. The van der Waals surface area contributed by atoms with Crippen LogP contribution < -0.4 is 11.1 Å². The number of aromatic carboxylic acids is 1. The number of allylic oxidation sites excluding steroid dienone is 5. The zero-order chi connectivity index (χ0) is 35.5. The van der Waals surface area contributed by atoms with Crippen molar-refractivity contribution in [2.45, 2.75) is 37.9 Å². The van der Waals surface area contributed by atoms with Crippen molar-refractivity contribution in [3.8, 4) is 0 Å². The van der Waals surface area contributed by atoms with Crippen molar-refractivity contribution in [3.05, 3.63) is 112 Å². The van der Waals surface area contributed by atoms with E-state index in [1.807, 2.05) is 18.2 Å². The van der Waals surface area contributed by atoms with Gasteiger partial charge in [0, 0.05) is 25.3 Å². The van der Waals surface area contributed by atoms with Gasteiger partial charge in [-0.2, -0.15) is 0 Å². The molecule has 258 valence electrons. The number of carbonyl (C=O) groups excluding carboxylic acids is 3. The molecule has 4 atom stereocenters. The Balaban J connectivity index is 1.32. The van der Waals surface area contributed by atoms with Crippen LogP contribution in [0.3, 0.4) is 0 Å². The summed E-state index contributed by atoms with van der Waals surface area (Å²) in [5.74, 6) is -3.93. The van der Waals surface area contributed by atoms with Gasteiger partial charge in [-0.05, 0) is 88.9 Å². The van der Waals surface area contributed by atoms with Crippen LogP contribution in [0.2, 0.25) is 0 Å². The van der Waals surface area contributed by atoms with E-state index in [1.54, 1.807) is 24.0 Å². The van der Waals surface area contributed by atoms with E-state index >= 15 is 4.39 Å². The van der Waals surface area contributed by atoms with Gasteiger partial charge < -0.3 is 26.0 Å². The Morgan fingerprint density at radius 1 is 1.12 bits per heavy atom. The minimum Gasteiger partial charge on any atom is -0.478 e. The van der Waals surface area contributed by atoms with Crippen molar-refractivity contribution in [1.29, 1.82) is 0 Å². The van der Waals surface area contributed by atoms with Gasteiger partial charge in [0.2, 0.25) is 11.8 Å². The van der Waals surface area contributed by atoms with Gasteiger partial charge in [-0.3, -0.25) is 14.4 Å². The quantitative estimate of drug-likeness (QED) is 0.295. The van der Waals surface area contributed by atoms with Crippen molar-refractivity contribution in [2.75, 3.05) is 25.0 Å². The van der Waals surface area contributed by atoms with Crippen molar-refractivity contribution in [1.82, 2.24) is 30.0 Å². The van der Waals surface area contributed by atoms with Crippen molar-refractivity contribution in [3.63, 3.8) is 0 Å². The average molecular weight is 701 g/mol. The molecule has 3 amide bonds. The summed E-state index contributed by atoms with van der Waals surface area (Å²) in [6, 6.07) is 8.93. The van der Waals surface area contributed by atoms with E-state index in [-0.39, 0.29) is 23.0 Å². The van der Waals surface area contributed by atoms with Crippen LogP contribution in [-0.4, -0.2) is 84.5 Å². The third-order valence-corrected chi connectivity index (χ3v) is 9.36. The monoisotopic (exact) mass is 700 g/mol. The number of rotatable bonds is 8. The van der Waals surface area contributed by atoms with Gasteiger partial charge in [0.25, 0.3) is 5.91 Å². The number of nitrogens with two attached hydrogens (primary N) is 1. The van der Waals surface area contributed by atoms with E-state index in [4.69, 9.17) is 17.3 Å². The van der Waals surface area contributed by atoms with Crippen LogP contribution in [0.15, 0.2) is 90.0 Å². The van der Waals surface area contributed by atoms with Crippen LogP contribution in [0, 0.1) is 5.92 Å². The molecule has 3 unspecified atom stereocenters. The van der Waals surface area contributed by atoms with Gasteiger partial charge >= 0.3 is 5.97 Å². The lowest BCUT2D eigenvalue weighted by Crippen LogP contribution is -2.45. The highest BCUT2D eigenvalue weighted by Crippen LogP contribution is 2.39. The summed E-state index contributed by atoms with van der Waals surface area (Å²) in [7, 11) is 0. The summed E-state index contributed by atoms with van der Waals surface area (Å²) in [5.41, 5.74) is 9.69. The highest BCUT2D eigenvalue weighted by Gasteiger charge is 2.37. The molecule has 13 nitrogen and oxygen atoms in total. The highest BCUT2D eigenvalue weighted by molar-refractivity contribution is 6.31. The SMILES string of the molecule is C[C@H](N)C(=O)N1CC=C(c2cccc3c2CCN(C(=O)/C=C/C2C(F)=C(Cl)C=CC2n2cnnn2)C3C(=O)Nc2ccc(C(=O)O)cc2)CC1. The van der Waals surface area contributed by atoms with Gasteiger partial charge in [-0.15, -0.1) is 5.10 Å². The van der Waals surface area contributed by atoms with Crippen molar-refractivity contribution in [2.24, 2.45) is 11.7 Å². The van der Waals surface area contributed by atoms with Crippen molar-refractivity contribution < 1.29 is 28.7 Å². The molecular weight excluding hydrogens is 667 g/mol. The number of benzene rings is 2. The molecule has 4 N–H and O–H groups in total. The molecule has 0 saturated carbocycles. The molecule has 0 fully saturated rings. The van der Waals surface area contributed by atoms with Crippen molar-refractivity contribution >= 4 is 46.6 Å². The Kier molecular flexibility index (Phi) is 10.0. The van der Waals surface area contributed by atoms with Gasteiger partial charge in [-0.1, -0.05) is 48.0 Å². The van der Waals surface area contributed by atoms with E-state index in [0.29, 0.717) is 37.2 Å². The Labute approximate surface area is 291 Å². The van der Waals surface area contributed by atoms with Crippen LogP contribution in [0.25, 0.3) is 5.57 Å². The summed E-state index contributed by atoms with van der Waals surface area (Å²) >= 11 is 6.11. The van der Waals surface area contributed by atoms with E-state index in [2.05, 4.69) is 20.8 Å². The standard InChI is InChI=1S/C35H34ClFN8O5/c1-20(38)34(48)43-16-13-21(14-17-43)24-3-2-4-26-25(24)15-18-44(32(26)33(47)40-23-7-5-22(6-8-23)35(49)50)30(46)12-9-27-29(45-19-39-41-42-45)11-10-28(36)31(27)37/h2-13,19-20,27,29,32H,14-18,38H2,1H3,(H,40,47)(H,49,50)/b12-9+/t20-,27?,29?,32?/m0/s1. The minimum absolute atomic E-state index is 0.0541. The number of hydrogen-bond acceptors (Lipinski definition) is 8. The number of nitrogens with zero attached hydrogens (tertiary/aromatic N) is 6. The number of carboxylic acids is 1. The van der Waals surface area contributed by atoms with E-state index in [0.717, 1.165) is 16.7 Å². The number of halogens is 2. The first-order valence-electron chi connectivity index (χ1n) is 16.0. The fraction of sp³-hybridized carbons (Fsp3) is 0.286. The van der Waals surface area contributed by atoms with Crippen LogP contribution in [0.1, 0.15) is 52.5 Å². The smallest absolute Gasteiger partial charge is 0.335 e. The maximum absolute atomic E-state index is 15.3. The van der Waals surface area contributed by atoms with Crippen LogP contribution in [0.4, 0.5) is 10.1 Å². The molecule has 2 aliphatic heterocycles. The summed E-state index contributed by atoms with van der Waals surface area (Å²) in [5, 5.41) is 23.2. The molecule has 3 aromatic rings. The molecule has 50 heavy (non-hydrogen) atoms. The lowest BCUT2D eigenvalue weighted by atomic mass is 9.84. The van der Waals surface area contributed by atoms with Gasteiger partial charge in [0.15, 0.2) is 0 Å². The zero-order valence-electron chi connectivity index (χ0n) is 26.9. The molecule has 1 aliphatic carbocycles. The molecular formula is C35H34ClFN8O5. The third kappa shape index (κ3) is 6.98. The average Bonchev–Trinajstić information content (AvgIpc) is 3.66. The molecule has 0 bridgehead atoms. The number of fused-ring (bicyclic) bond motifs is 1. The second-order valence-electron chi connectivity index (χ2n) is 12.2. The first-order valence-corrected chi connectivity index (χ1v) is 16.4. The number of amides is 3. The summed E-state index contributed by atoms with van der Waals surface area (Å²) in [6.45, 7) is 2.73. The minimum atomic E-state index is -1.11. The topological polar surface area (TPSA) is 177 Å². The highest BCUT2D eigenvalue weighted by atomic mass is 35.5. The number of carboxylic acid groups (broad SMARTS) is 1. The molecule has 3 heterocycles. The Hall–Kier alpha value is -5.47. The number of hydrogen-bond donors (Lipinski definition) is 3. The fourth-order valence-corrected chi connectivity index (χ4v) is 6.73. The molecule has 2 aromatic carbocycles. The predicted molar refractivity (Wildman–Crippen MR) is 182 cm³/mol. The molecule has 15 heteroatoms. The van der Waals surface area contributed by atoms with E-state index in [1.165, 1.54) is 58.4 Å². The molecule has 0 radical (unpaired) electrons. The third-order valence-electron chi connectivity index (χ3n) is 9.05. The van der Waals surface area contributed by atoms with E-state index in [9.17, 15) is 24.3 Å². The van der Waals surface area contributed by atoms with Gasteiger partial charge in [-0.25, -0.2) is 13.9 Å². The Morgan fingerprint density at radius 2 is 1.90 bits per heavy atom. The number of nitrogens with one attached hydrogen (secondary N) is 1. The van der Waals surface area contributed by atoms with Crippen LogP contribution >= 0.6 is 11.6 Å². The normalized spacial score (nSPS) is 21.1. The second-order valence-corrected chi connectivity index (χ2v) is 12.6. The van der Waals surface area contributed by atoms with E-state index < -0.39 is 47.7 Å². The first-order chi connectivity index (χ1) is 24.0. The molecule has 6 rings (SSSR count). The molecule has 0 saturated heterocycles. The lowest BCUT2D eigenvalue weighted by molar-refractivity contribution is -0.135. The molecule has 1 aromatic heterocycles. The fourth-order valence-electron chi connectivity index (χ4n) is 6.53.